The van der Waals surface area contributed by atoms with Crippen LogP contribution in [0, 0.1) is 5.41 Å². The summed E-state index contributed by atoms with van der Waals surface area (Å²) in [7, 11) is 1.65. The molecule has 4 heteroatoms. The zero-order valence-electron chi connectivity index (χ0n) is 18.3. The third-order valence-electron chi connectivity index (χ3n) is 5.49. The lowest BCUT2D eigenvalue weighted by molar-refractivity contribution is 0.415. The van der Waals surface area contributed by atoms with E-state index in [-0.39, 0.29) is 6.04 Å². The van der Waals surface area contributed by atoms with E-state index in [0.29, 0.717) is 5.84 Å². The van der Waals surface area contributed by atoms with Crippen LogP contribution in [0.1, 0.15) is 24.1 Å². The molecule has 0 fully saturated rings. The number of anilines is 3. The van der Waals surface area contributed by atoms with Crippen LogP contribution in [0.15, 0.2) is 109 Å². The van der Waals surface area contributed by atoms with Crippen molar-refractivity contribution >= 4 is 22.9 Å². The van der Waals surface area contributed by atoms with Gasteiger partial charge in [-0.05, 0) is 61.0 Å². The molecule has 4 rings (SSSR count). The van der Waals surface area contributed by atoms with Crippen LogP contribution in [-0.4, -0.2) is 12.9 Å². The predicted octanol–water partition coefficient (Wildman–Crippen LogP) is 7.03. The summed E-state index contributed by atoms with van der Waals surface area (Å²) < 4.78 is 5.30. The molecule has 2 N–H and O–H groups in total. The topological polar surface area (TPSA) is 48.4 Å². The fraction of sp³-hybridized carbons (Fsp3) is 0.107. The third kappa shape index (κ3) is 4.65. The number of para-hydroxylation sites is 3. The second-order valence-corrected chi connectivity index (χ2v) is 7.54. The van der Waals surface area contributed by atoms with E-state index < -0.39 is 0 Å². The van der Waals surface area contributed by atoms with Crippen LogP contribution in [0.4, 0.5) is 17.1 Å². The molecule has 0 bridgehead atoms. The first kappa shape index (κ1) is 21.2. The van der Waals surface area contributed by atoms with E-state index in [1.807, 2.05) is 91.0 Å². The van der Waals surface area contributed by atoms with Crippen molar-refractivity contribution in [1.29, 1.82) is 5.41 Å². The predicted molar refractivity (Wildman–Crippen MR) is 133 cm³/mol. The Kier molecular flexibility index (Phi) is 6.52. The molecule has 0 saturated carbocycles. The van der Waals surface area contributed by atoms with Crippen molar-refractivity contribution in [3.8, 4) is 5.75 Å². The van der Waals surface area contributed by atoms with Crippen molar-refractivity contribution in [2.75, 3.05) is 17.3 Å². The Morgan fingerprint density at radius 3 is 2.03 bits per heavy atom. The van der Waals surface area contributed by atoms with Gasteiger partial charge in [-0.25, -0.2) is 0 Å². The van der Waals surface area contributed by atoms with Gasteiger partial charge in [0.15, 0.2) is 0 Å². The largest absolute Gasteiger partial charge is 0.497 e. The molecule has 0 aliphatic carbocycles. The quantitative estimate of drug-likeness (QED) is 0.249. The summed E-state index contributed by atoms with van der Waals surface area (Å²) in [4.78, 5) is 2.07. The first-order valence-electron chi connectivity index (χ1n) is 10.7. The molecule has 4 aromatic rings. The summed E-state index contributed by atoms with van der Waals surface area (Å²) in [5.41, 5.74) is 4.85. The molecule has 4 aromatic carbocycles. The molecule has 0 heterocycles. The zero-order valence-corrected chi connectivity index (χ0v) is 18.3. The maximum absolute atomic E-state index is 9.17. The summed E-state index contributed by atoms with van der Waals surface area (Å²) in [5.74, 6) is 1.20. The van der Waals surface area contributed by atoms with Crippen molar-refractivity contribution in [2.45, 2.75) is 13.0 Å². The standard InChI is InChI=1S/C28H27N3O/c1-21(22-11-5-3-6-12-22)31(28(29)23-17-19-25(32-2)20-18-23)27-16-10-9-15-26(27)30-24-13-7-4-8-14-24/h3-21,29-30H,1-2H3. The Morgan fingerprint density at radius 2 is 1.38 bits per heavy atom. The Morgan fingerprint density at radius 1 is 0.781 bits per heavy atom. The van der Waals surface area contributed by atoms with Crippen LogP contribution in [0.2, 0.25) is 0 Å². The lowest BCUT2D eigenvalue weighted by Crippen LogP contribution is -2.34. The molecule has 0 saturated heterocycles. The van der Waals surface area contributed by atoms with E-state index in [2.05, 4.69) is 35.3 Å². The van der Waals surface area contributed by atoms with Gasteiger partial charge < -0.3 is 15.0 Å². The van der Waals surface area contributed by atoms with E-state index in [4.69, 9.17) is 10.1 Å². The van der Waals surface area contributed by atoms with Crippen molar-refractivity contribution < 1.29 is 4.74 Å². The van der Waals surface area contributed by atoms with Gasteiger partial charge in [0.2, 0.25) is 0 Å². The van der Waals surface area contributed by atoms with E-state index in [1.165, 1.54) is 0 Å². The van der Waals surface area contributed by atoms with Gasteiger partial charge >= 0.3 is 0 Å². The summed E-state index contributed by atoms with van der Waals surface area (Å²) in [5, 5.41) is 12.7. The highest BCUT2D eigenvalue weighted by molar-refractivity contribution is 6.10. The van der Waals surface area contributed by atoms with E-state index in [1.54, 1.807) is 7.11 Å². The highest BCUT2D eigenvalue weighted by Gasteiger charge is 2.24. The number of nitrogens with zero attached hydrogens (tertiary/aromatic N) is 1. The second-order valence-electron chi connectivity index (χ2n) is 7.54. The highest BCUT2D eigenvalue weighted by atomic mass is 16.5. The lowest BCUT2D eigenvalue weighted by atomic mass is 10.0. The molecule has 4 nitrogen and oxygen atoms in total. The van der Waals surface area contributed by atoms with Gasteiger partial charge in [-0.3, -0.25) is 5.41 Å². The number of hydrogen-bond acceptors (Lipinski definition) is 3. The van der Waals surface area contributed by atoms with Gasteiger partial charge in [0.1, 0.15) is 11.6 Å². The summed E-state index contributed by atoms with van der Waals surface area (Å²) in [6.07, 6.45) is 0. The SMILES string of the molecule is COc1ccc(C(=N)N(c2ccccc2Nc2ccccc2)C(C)c2ccccc2)cc1. The number of hydrogen-bond donors (Lipinski definition) is 2. The van der Waals surface area contributed by atoms with E-state index in [9.17, 15) is 0 Å². The molecule has 1 atom stereocenters. The van der Waals surface area contributed by atoms with Crippen molar-refractivity contribution in [2.24, 2.45) is 0 Å². The number of ether oxygens (including phenoxy) is 1. The molecule has 0 aliphatic heterocycles. The Labute approximate surface area is 189 Å². The van der Waals surface area contributed by atoms with E-state index in [0.717, 1.165) is 33.9 Å². The Balaban J connectivity index is 1.78. The van der Waals surface area contributed by atoms with Gasteiger partial charge in [-0.2, -0.15) is 0 Å². The smallest absolute Gasteiger partial charge is 0.133 e. The fourth-order valence-electron chi connectivity index (χ4n) is 3.76. The lowest BCUT2D eigenvalue weighted by Gasteiger charge is -2.33. The molecule has 1 unspecified atom stereocenters. The monoisotopic (exact) mass is 421 g/mol. The molecule has 0 aliphatic rings. The fourth-order valence-corrected chi connectivity index (χ4v) is 3.76. The summed E-state index contributed by atoms with van der Waals surface area (Å²) >= 11 is 0. The molecular weight excluding hydrogens is 394 g/mol. The van der Waals surface area contributed by atoms with Crippen LogP contribution in [0.25, 0.3) is 0 Å². The van der Waals surface area contributed by atoms with Crippen LogP contribution >= 0.6 is 0 Å². The molecule has 160 valence electrons. The summed E-state index contributed by atoms with van der Waals surface area (Å²) in [6.45, 7) is 2.13. The third-order valence-corrected chi connectivity index (χ3v) is 5.49. The first-order chi connectivity index (χ1) is 15.7. The molecule has 0 aromatic heterocycles. The number of methoxy groups -OCH3 is 1. The van der Waals surface area contributed by atoms with Crippen molar-refractivity contribution in [1.82, 2.24) is 0 Å². The van der Waals surface area contributed by atoms with E-state index >= 15 is 0 Å². The van der Waals surface area contributed by atoms with Crippen molar-refractivity contribution in [3.63, 3.8) is 0 Å². The highest BCUT2D eigenvalue weighted by Crippen LogP contribution is 2.35. The minimum atomic E-state index is -0.0514. The number of benzene rings is 4. The Bertz CT molecular complexity index is 1160. The minimum Gasteiger partial charge on any atom is -0.497 e. The normalized spacial score (nSPS) is 11.4. The van der Waals surface area contributed by atoms with Gasteiger partial charge in [-0.1, -0.05) is 60.7 Å². The number of nitrogens with one attached hydrogen (secondary N) is 2. The number of amidine groups is 1. The Hall–Kier alpha value is -4.05. The molecule has 0 amide bonds. The van der Waals surface area contributed by atoms with Crippen LogP contribution in [-0.2, 0) is 0 Å². The maximum Gasteiger partial charge on any atom is 0.133 e. The molecular formula is C28H27N3O. The summed E-state index contributed by atoms with van der Waals surface area (Å²) in [6, 6.07) is 36.1. The molecule has 0 spiro atoms. The number of rotatable bonds is 7. The van der Waals surface area contributed by atoms with Gasteiger partial charge in [-0.15, -0.1) is 0 Å². The average Bonchev–Trinajstić information content (AvgIpc) is 2.86. The maximum atomic E-state index is 9.17. The van der Waals surface area contributed by atoms with Gasteiger partial charge in [0.25, 0.3) is 0 Å². The van der Waals surface area contributed by atoms with Crippen LogP contribution in [0.5, 0.6) is 5.75 Å². The average molecular weight is 422 g/mol. The first-order valence-corrected chi connectivity index (χ1v) is 10.7. The zero-order chi connectivity index (χ0) is 22.3. The molecule has 0 radical (unpaired) electrons. The van der Waals surface area contributed by atoms with Gasteiger partial charge in [0, 0.05) is 11.3 Å². The van der Waals surface area contributed by atoms with Crippen molar-refractivity contribution in [3.05, 3.63) is 120 Å². The van der Waals surface area contributed by atoms with Gasteiger partial charge in [0.05, 0.1) is 24.5 Å². The van der Waals surface area contributed by atoms with Crippen LogP contribution < -0.4 is 15.0 Å². The minimum absolute atomic E-state index is 0.0514. The van der Waals surface area contributed by atoms with Crippen LogP contribution in [0.3, 0.4) is 0 Å². The second kappa shape index (κ2) is 9.84. The molecule has 32 heavy (non-hydrogen) atoms.